The molecule has 172 valence electrons. The van der Waals surface area contributed by atoms with Gasteiger partial charge >= 0.3 is 0 Å². The molecule has 0 fully saturated rings. The molecule has 1 heterocycles. The summed E-state index contributed by atoms with van der Waals surface area (Å²) in [5, 5.41) is 5.51. The second kappa shape index (κ2) is 9.41. The Morgan fingerprint density at radius 2 is 1.65 bits per heavy atom. The highest BCUT2D eigenvalue weighted by Crippen LogP contribution is 2.32. The van der Waals surface area contributed by atoms with Crippen molar-refractivity contribution in [3.63, 3.8) is 0 Å². The molecule has 0 saturated carbocycles. The van der Waals surface area contributed by atoms with Gasteiger partial charge in [-0.3, -0.25) is 14.4 Å². The summed E-state index contributed by atoms with van der Waals surface area (Å²) in [6.07, 6.45) is 0. The zero-order chi connectivity index (χ0) is 24.4. The summed E-state index contributed by atoms with van der Waals surface area (Å²) in [6.45, 7) is 3.70. The van der Waals surface area contributed by atoms with Gasteiger partial charge in [0.05, 0.1) is 12.8 Å². The number of ether oxygens (including phenoxy) is 1. The van der Waals surface area contributed by atoms with E-state index < -0.39 is 11.8 Å². The highest BCUT2D eigenvalue weighted by Gasteiger charge is 2.39. The average molecular weight is 476 g/mol. The summed E-state index contributed by atoms with van der Waals surface area (Å²) in [4.78, 5) is 39.7. The number of halogens is 1. The summed E-state index contributed by atoms with van der Waals surface area (Å²) in [5.41, 5.74) is 3.54. The molecule has 34 heavy (non-hydrogen) atoms. The smallest absolute Gasteiger partial charge is 0.283 e. The van der Waals surface area contributed by atoms with E-state index in [-0.39, 0.29) is 16.6 Å². The lowest BCUT2D eigenvalue weighted by Crippen LogP contribution is -2.33. The van der Waals surface area contributed by atoms with Gasteiger partial charge in [-0.25, -0.2) is 4.90 Å². The number of nitrogens with zero attached hydrogens (tertiary/aromatic N) is 1. The number of rotatable bonds is 6. The van der Waals surface area contributed by atoms with Gasteiger partial charge in [-0.15, -0.1) is 0 Å². The van der Waals surface area contributed by atoms with E-state index in [1.165, 1.54) is 0 Å². The number of benzene rings is 3. The number of anilines is 3. The largest absolute Gasteiger partial charge is 0.497 e. The highest BCUT2D eigenvalue weighted by atomic mass is 35.5. The molecule has 1 aliphatic rings. The van der Waals surface area contributed by atoms with Crippen molar-refractivity contribution in [3.05, 3.63) is 94.1 Å². The van der Waals surface area contributed by atoms with Crippen molar-refractivity contribution in [2.45, 2.75) is 13.8 Å². The van der Waals surface area contributed by atoms with E-state index in [0.29, 0.717) is 28.4 Å². The van der Waals surface area contributed by atoms with Crippen LogP contribution in [0.4, 0.5) is 17.1 Å². The van der Waals surface area contributed by atoms with E-state index >= 15 is 0 Å². The van der Waals surface area contributed by atoms with Crippen molar-refractivity contribution >= 4 is 46.4 Å². The first-order chi connectivity index (χ1) is 16.3. The molecular formula is C26H22ClN3O4. The lowest BCUT2D eigenvalue weighted by Gasteiger charge is -2.18. The maximum absolute atomic E-state index is 13.1. The van der Waals surface area contributed by atoms with E-state index in [2.05, 4.69) is 10.6 Å². The molecule has 1 aliphatic heterocycles. The van der Waals surface area contributed by atoms with Gasteiger partial charge in [-0.1, -0.05) is 29.8 Å². The Kier molecular flexibility index (Phi) is 6.38. The third kappa shape index (κ3) is 4.51. The summed E-state index contributed by atoms with van der Waals surface area (Å²) < 4.78 is 5.12. The Labute approximate surface area is 202 Å². The number of aryl methyl sites for hydroxylation is 2. The van der Waals surface area contributed by atoms with Gasteiger partial charge in [-0.2, -0.15) is 0 Å². The molecule has 0 unspecified atom stereocenters. The Balaban J connectivity index is 1.54. The van der Waals surface area contributed by atoms with Gasteiger partial charge < -0.3 is 15.4 Å². The second-order valence-electron chi connectivity index (χ2n) is 7.81. The normalized spacial score (nSPS) is 13.4. The molecule has 0 aromatic heterocycles. The van der Waals surface area contributed by atoms with Gasteiger partial charge in [0.1, 0.15) is 16.5 Å². The summed E-state index contributed by atoms with van der Waals surface area (Å²) in [5.74, 6) is -0.812. The van der Waals surface area contributed by atoms with Crippen LogP contribution in [0.3, 0.4) is 0 Å². The van der Waals surface area contributed by atoms with E-state index in [9.17, 15) is 14.4 Å². The van der Waals surface area contributed by atoms with Crippen molar-refractivity contribution in [1.29, 1.82) is 0 Å². The fourth-order valence-corrected chi connectivity index (χ4v) is 3.76. The van der Waals surface area contributed by atoms with Gasteiger partial charge in [0, 0.05) is 16.9 Å². The van der Waals surface area contributed by atoms with Crippen LogP contribution in [0.5, 0.6) is 5.75 Å². The SMILES string of the molecule is COc1ccc(NC(=O)c2cccc(NC3=C(Cl)C(=O)N(c4cc(C)ccc4C)C3=O)c2)cc1. The van der Waals surface area contributed by atoms with Crippen molar-refractivity contribution in [1.82, 2.24) is 0 Å². The third-order valence-electron chi connectivity index (χ3n) is 5.37. The van der Waals surface area contributed by atoms with Crippen LogP contribution in [0.25, 0.3) is 0 Å². The van der Waals surface area contributed by atoms with Crippen molar-refractivity contribution < 1.29 is 19.1 Å². The second-order valence-corrected chi connectivity index (χ2v) is 8.19. The first-order valence-corrected chi connectivity index (χ1v) is 10.8. The minimum absolute atomic E-state index is 0.0414. The van der Waals surface area contributed by atoms with Crippen LogP contribution in [0, 0.1) is 13.8 Å². The molecule has 0 aliphatic carbocycles. The van der Waals surface area contributed by atoms with Gasteiger partial charge in [-0.05, 0) is 73.5 Å². The average Bonchev–Trinajstić information content (AvgIpc) is 3.04. The van der Waals surface area contributed by atoms with E-state index in [4.69, 9.17) is 16.3 Å². The minimum atomic E-state index is -0.601. The van der Waals surface area contributed by atoms with Crippen LogP contribution in [0.1, 0.15) is 21.5 Å². The quantitative estimate of drug-likeness (QED) is 0.490. The number of amides is 3. The standard InChI is InChI=1S/C26H22ClN3O4/c1-15-7-8-16(2)21(13-15)30-25(32)22(27)23(26(30)33)28-19-6-4-5-17(14-19)24(31)29-18-9-11-20(34-3)12-10-18/h4-14,28H,1-3H3,(H,29,31). The van der Waals surface area contributed by atoms with Gasteiger partial charge in [0.15, 0.2) is 0 Å². The molecule has 3 aromatic rings. The summed E-state index contributed by atoms with van der Waals surface area (Å²) in [6, 6.07) is 19.0. The molecule has 0 atom stereocenters. The molecule has 3 aromatic carbocycles. The molecule has 0 spiro atoms. The molecule has 0 bridgehead atoms. The number of carbonyl (C=O) groups is 3. The zero-order valence-corrected chi connectivity index (χ0v) is 19.6. The molecule has 2 N–H and O–H groups in total. The van der Waals surface area contributed by atoms with Gasteiger partial charge in [0.25, 0.3) is 17.7 Å². The molecule has 3 amide bonds. The molecule has 7 nitrogen and oxygen atoms in total. The van der Waals surface area contributed by atoms with Crippen LogP contribution in [-0.2, 0) is 9.59 Å². The van der Waals surface area contributed by atoms with Crippen LogP contribution >= 0.6 is 11.6 Å². The molecular weight excluding hydrogens is 454 g/mol. The fourth-order valence-electron chi connectivity index (χ4n) is 3.55. The Morgan fingerprint density at radius 1 is 0.912 bits per heavy atom. The molecule has 0 saturated heterocycles. The molecule has 4 rings (SSSR count). The third-order valence-corrected chi connectivity index (χ3v) is 5.73. The van der Waals surface area contributed by atoms with Crippen molar-refractivity contribution in [2.75, 3.05) is 22.6 Å². The lowest BCUT2D eigenvalue weighted by atomic mass is 10.1. The van der Waals surface area contributed by atoms with Crippen molar-refractivity contribution in [2.24, 2.45) is 0 Å². The van der Waals surface area contributed by atoms with Crippen LogP contribution in [-0.4, -0.2) is 24.8 Å². The van der Waals surface area contributed by atoms with E-state index in [0.717, 1.165) is 16.0 Å². The summed E-state index contributed by atoms with van der Waals surface area (Å²) >= 11 is 6.26. The number of hydrogen-bond acceptors (Lipinski definition) is 5. The first kappa shape index (κ1) is 23.1. The van der Waals surface area contributed by atoms with Gasteiger partial charge in [0.2, 0.25) is 0 Å². The number of methoxy groups -OCH3 is 1. The number of nitrogens with one attached hydrogen (secondary N) is 2. The lowest BCUT2D eigenvalue weighted by molar-refractivity contribution is -0.120. The van der Waals surface area contributed by atoms with Crippen LogP contribution in [0.15, 0.2) is 77.5 Å². The number of carbonyl (C=O) groups excluding carboxylic acids is 3. The predicted molar refractivity (Wildman–Crippen MR) is 132 cm³/mol. The predicted octanol–water partition coefficient (Wildman–Crippen LogP) is 5.00. The molecule has 8 heteroatoms. The van der Waals surface area contributed by atoms with Crippen LogP contribution in [0.2, 0.25) is 0 Å². The number of imide groups is 1. The Hall–Kier alpha value is -4.10. The first-order valence-electron chi connectivity index (χ1n) is 10.5. The van der Waals surface area contributed by atoms with E-state index in [1.54, 1.807) is 61.7 Å². The van der Waals surface area contributed by atoms with Crippen LogP contribution < -0.4 is 20.3 Å². The maximum Gasteiger partial charge on any atom is 0.283 e. The molecule has 0 radical (unpaired) electrons. The summed E-state index contributed by atoms with van der Waals surface area (Å²) in [7, 11) is 1.57. The minimum Gasteiger partial charge on any atom is -0.497 e. The maximum atomic E-state index is 13.1. The van der Waals surface area contributed by atoms with Crippen molar-refractivity contribution in [3.8, 4) is 5.75 Å². The Bertz CT molecular complexity index is 1330. The zero-order valence-electron chi connectivity index (χ0n) is 18.8. The topological polar surface area (TPSA) is 87.7 Å². The Morgan fingerprint density at radius 3 is 2.35 bits per heavy atom. The highest BCUT2D eigenvalue weighted by molar-refractivity contribution is 6.53. The fraction of sp³-hybridized carbons (Fsp3) is 0.115. The number of hydrogen-bond donors (Lipinski definition) is 2. The van der Waals surface area contributed by atoms with E-state index in [1.807, 2.05) is 26.0 Å². The monoisotopic (exact) mass is 475 g/mol.